The third kappa shape index (κ3) is 1.20. The SMILES string of the molecule is Nc1nc2c(Cl)c(F)c(O)cc2s1. The molecule has 0 saturated heterocycles. The number of fused-ring (bicyclic) bond motifs is 1. The van der Waals surface area contributed by atoms with E-state index in [2.05, 4.69) is 4.98 Å². The van der Waals surface area contributed by atoms with E-state index < -0.39 is 11.6 Å². The predicted molar refractivity (Wildman–Crippen MR) is 50.7 cm³/mol. The van der Waals surface area contributed by atoms with Crippen molar-refractivity contribution in [2.75, 3.05) is 5.73 Å². The van der Waals surface area contributed by atoms with Crippen LogP contribution in [0.1, 0.15) is 0 Å². The Morgan fingerprint density at radius 3 is 3.00 bits per heavy atom. The van der Waals surface area contributed by atoms with Crippen molar-refractivity contribution in [1.82, 2.24) is 4.98 Å². The van der Waals surface area contributed by atoms with Crippen LogP contribution in [-0.4, -0.2) is 10.1 Å². The molecule has 68 valence electrons. The number of phenols is 1. The lowest BCUT2D eigenvalue weighted by molar-refractivity contribution is 0.434. The predicted octanol–water partition coefficient (Wildman–Crippen LogP) is 2.38. The van der Waals surface area contributed by atoms with Crippen molar-refractivity contribution in [2.24, 2.45) is 0 Å². The van der Waals surface area contributed by atoms with Crippen LogP contribution in [0, 0.1) is 5.82 Å². The number of thiazole rings is 1. The molecular formula is C7H4ClFN2OS. The average Bonchev–Trinajstić information content (AvgIpc) is 2.42. The summed E-state index contributed by atoms with van der Waals surface area (Å²) >= 11 is 6.74. The second-order valence-electron chi connectivity index (χ2n) is 2.42. The number of hydrogen-bond acceptors (Lipinski definition) is 4. The van der Waals surface area contributed by atoms with Crippen molar-refractivity contribution in [1.29, 1.82) is 0 Å². The summed E-state index contributed by atoms with van der Waals surface area (Å²) in [6, 6.07) is 1.25. The lowest BCUT2D eigenvalue weighted by Gasteiger charge is -1.97. The second-order valence-corrected chi connectivity index (χ2v) is 3.86. The van der Waals surface area contributed by atoms with Crippen molar-refractivity contribution in [3.8, 4) is 5.75 Å². The molecule has 0 aliphatic carbocycles. The number of phenolic OH excluding ortho intramolecular Hbond substituents is 1. The van der Waals surface area contributed by atoms with Crippen LogP contribution >= 0.6 is 22.9 Å². The Bertz CT molecular complexity index is 485. The van der Waals surface area contributed by atoms with Crippen LogP contribution in [0.2, 0.25) is 5.02 Å². The van der Waals surface area contributed by atoms with E-state index in [0.717, 1.165) is 11.3 Å². The van der Waals surface area contributed by atoms with Gasteiger partial charge in [0.2, 0.25) is 0 Å². The quantitative estimate of drug-likeness (QED) is 0.714. The van der Waals surface area contributed by atoms with Crippen molar-refractivity contribution < 1.29 is 9.50 Å². The van der Waals surface area contributed by atoms with Crippen molar-refractivity contribution >= 4 is 38.3 Å². The number of nitrogen functional groups attached to an aromatic ring is 1. The van der Waals surface area contributed by atoms with Gasteiger partial charge in [0, 0.05) is 6.07 Å². The largest absolute Gasteiger partial charge is 0.505 e. The molecule has 0 unspecified atom stereocenters. The first-order valence-electron chi connectivity index (χ1n) is 3.32. The van der Waals surface area contributed by atoms with Gasteiger partial charge in [0.1, 0.15) is 10.5 Å². The topological polar surface area (TPSA) is 59.1 Å². The molecule has 2 rings (SSSR count). The Hall–Kier alpha value is -1.07. The van der Waals surface area contributed by atoms with Crippen LogP contribution < -0.4 is 5.73 Å². The third-order valence-corrected chi connectivity index (χ3v) is 2.74. The maximum absolute atomic E-state index is 13.0. The fourth-order valence-electron chi connectivity index (χ4n) is 1.01. The van der Waals surface area contributed by atoms with Crippen molar-refractivity contribution in [2.45, 2.75) is 0 Å². The fourth-order valence-corrected chi connectivity index (χ4v) is 2.08. The molecule has 0 fully saturated rings. The molecule has 0 aliphatic heterocycles. The number of anilines is 1. The zero-order valence-corrected chi connectivity index (χ0v) is 7.79. The fraction of sp³-hybridized carbons (Fsp3) is 0. The van der Waals surface area contributed by atoms with E-state index >= 15 is 0 Å². The molecule has 0 saturated carbocycles. The Morgan fingerprint density at radius 1 is 1.62 bits per heavy atom. The van der Waals surface area contributed by atoms with Gasteiger partial charge in [0.05, 0.1) is 4.70 Å². The molecule has 13 heavy (non-hydrogen) atoms. The van der Waals surface area contributed by atoms with Crippen LogP contribution in [0.15, 0.2) is 6.07 Å². The monoisotopic (exact) mass is 218 g/mol. The molecule has 6 heteroatoms. The molecule has 0 radical (unpaired) electrons. The maximum Gasteiger partial charge on any atom is 0.185 e. The van der Waals surface area contributed by atoms with Gasteiger partial charge >= 0.3 is 0 Å². The summed E-state index contributed by atoms with van der Waals surface area (Å²) < 4.78 is 13.6. The number of benzene rings is 1. The lowest BCUT2D eigenvalue weighted by atomic mass is 10.3. The van der Waals surface area contributed by atoms with Gasteiger partial charge in [-0.05, 0) is 0 Å². The molecule has 1 heterocycles. The molecule has 0 aliphatic rings. The minimum atomic E-state index is -0.862. The van der Waals surface area contributed by atoms with Gasteiger partial charge in [0.15, 0.2) is 16.7 Å². The summed E-state index contributed by atoms with van der Waals surface area (Å²) in [5.41, 5.74) is 5.70. The van der Waals surface area contributed by atoms with Gasteiger partial charge in [-0.25, -0.2) is 9.37 Å². The number of hydrogen-bond donors (Lipinski definition) is 2. The molecular weight excluding hydrogens is 215 g/mol. The van der Waals surface area contributed by atoms with E-state index in [1.54, 1.807) is 0 Å². The van der Waals surface area contributed by atoms with E-state index in [1.165, 1.54) is 6.07 Å². The molecule has 0 amide bonds. The number of nitrogens with two attached hydrogens (primary N) is 1. The maximum atomic E-state index is 13.0. The number of nitrogens with zero attached hydrogens (tertiary/aromatic N) is 1. The number of aromatic nitrogens is 1. The van der Waals surface area contributed by atoms with Crippen LogP contribution in [0.5, 0.6) is 5.75 Å². The number of halogens is 2. The van der Waals surface area contributed by atoms with Gasteiger partial charge < -0.3 is 10.8 Å². The van der Waals surface area contributed by atoms with E-state index in [9.17, 15) is 4.39 Å². The van der Waals surface area contributed by atoms with Gasteiger partial charge in [-0.15, -0.1) is 0 Å². The van der Waals surface area contributed by atoms with Gasteiger partial charge in [-0.2, -0.15) is 0 Å². The highest BCUT2D eigenvalue weighted by atomic mass is 35.5. The first kappa shape index (κ1) is 8.52. The molecule has 3 N–H and O–H groups in total. The molecule has 2 aromatic rings. The van der Waals surface area contributed by atoms with Crippen LogP contribution in [0.4, 0.5) is 9.52 Å². The second kappa shape index (κ2) is 2.71. The standard InChI is InChI=1S/C7H4ClFN2OS/c8-4-5(9)2(12)1-3-6(4)11-7(10)13-3/h1,12H,(H2,10,11). The van der Waals surface area contributed by atoms with Crippen molar-refractivity contribution in [3.05, 3.63) is 16.9 Å². The molecule has 1 aromatic heterocycles. The van der Waals surface area contributed by atoms with E-state index in [-0.39, 0.29) is 5.02 Å². The summed E-state index contributed by atoms with van der Waals surface area (Å²) in [6.45, 7) is 0. The minimum Gasteiger partial charge on any atom is -0.505 e. The smallest absolute Gasteiger partial charge is 0.185 e. The molecule has 0 spiro atoms. The molecule has 0 atom stereocenters. The summed E-state index contributed by atoms with van der Waals surface area (Å²) in [5, 5.41) is 9.19. The Balaban J connectivity index is 2.92. The highest BCUT2D eigenvalue weighted by molar-refractivity contribution is 7.22. The summed E-state index contributed by atoms with van der Waals surface area (Å²) in [5.74, 6) is -1.35. The Morgan fingerprint density at radius 2 is 2.31 bits per heavy atom. The normalized spacial score (nSPS) is 10.9. The first-order chi connectivity index (χ1) is 6.09. The van der Waals surface area contributed by atoms with Gasteiger partial charge in [0.25, 0.3) is 0 Å². The third-order valence-electron chi connectivity index (χ3n) is 1.56. The molecule has 0 bridgehead atoms. The Kier molecular flexibility index (Phi) is 1.78. The highest BCUT2D eigenvalue weighted by Crippen LogP contribution is 2.35. The van der Waals surface area contributed by atoms with E-state index in [0.29, 0.717) is 15.3 Å². The van der Waals surface area contributed by atoms with Gasteiger partial charge in [-0.1, -0.05) is 22.9 Å². The first-order valence-corrected chi connectivity index (χ1v) is 4.52. The van der Waals surface area contributed by atoms with Crippen LogP contribution in [0.25, 0.3) is 10.2 Å². The average molecular weight is 219 g/mol. The summed E-state index contributed by atoms with van der Waals surface area (Å²) in [4.78, 5) is 3.83. The van der Waals surface area contributed by atoms with Crippen LogP contribution in [-0.2, 0) is 0 Å². The summed E-state index contributed by atoms with van der Waals surface area (Å²) in [6.07, 6.45) is 0. The molecule has 3 nitrogen and oxygen atoms in total. The summed E-state index contributed by atoms with van der Waals surface area (Å²) in [7, 11) is 0. The molecule has 1 aromatic carbocycles. The lowest BCUT2D eigenvalue weighted by Crippen LogP contribution is -1.82. The van der Waals surface area contributed by atoms with E-state index in [4.69, 9.17) is 22.4 Å². The number of rotatable bonds is 0. The highest BCUT2D eigenvalue weighted by Gasteiger charge is 2.14. The zero-order valence-electron chi connectivity index (χ0n) is 6.21. The van der Waals surface area contributed by atoms with Crippen LogP contribution in [0.3, 0.4) is 0 Å². The van der Waals surface area contributed by atoms with Gasteiger partial charge in [-0.3, -0.25) is 0 Å². The zero-order chi connectivity index (χ0) is 9.59. The van der Waals surface area contributed by atoms with Crippen molar-refractivity contribution in [3.63, 3.8) is 0 Å². The Labute approximate surface area is 81.6 Å². The number of aromatic hydroxyl groups is 1. The minimum absolute atomic E-state index is 0.192. The van der Waals surface area contributed by atoms with E-state index in [1.807, 2.05) is 0 Å².